The molecule has 0 spiro atoms. The van der Waals surface area contributed by atoms with Gasteiger partial charge < -0.3 is 10.6 Å². The molecular weight excluding hydrogens is 358 g/mol. The van der Waals surface area contributed by atoms with Crippen LogP contribution in [0.2, 0.25) is 0 Å². The van der Waals surface area contributed by atoms with E-state index in [-0.39, 0.29) is 17.7 Å². The molecule has 3 aromatic rings. The minimum Gasteiger partial charge on any atom is -0.355 e. The van der Waals surface area contributed by atoms with Crippen molar-refractivity contribution < 1.29 is 4.79 Å². The summed E-state index contributed by atoms with van der Waals surface area (Å²) in [5.41, 5.74) is 3.27. The Morgan fingerprint density at radius 1 is 1.33 bits per heavy atom. The summed E-state index contributed by atoms with van der Waals surface area (Å²) in [4.78, 5) is 17.3. The van der Waals surface area contributed by atoms with Crippen molar-refractivity contribution in [2.45, 2.75) is 12.3 Å². The summed E-state index contributed by atoms with van der Waals surface area (Å²) >= 11 is 1.64. The SMILES string of the molecule is Cn1cc([C@H]2CNC[C@@H]2C(=O)NCCc2csc(-c3ccccc3)n2)cn1. The summed E-state index contributed by atoms with van der Waals surface area (Å²) in [6.45, 7) is 2.13. The van der Waals surface area contributed by atoms with E-state index in [1.807, 2.05) is 37.6 Å². The fourth-order valence-corrected chi connectivity index (χ4v) is 4.38. The Morgan fingerprint density at radius 2 is 2.19 bits per heavy atom. The van der Waals surface area contributed by atoms with Crippen LogP contribution in [0.1, 0.15) is 17.2 Å². The number of aromatic nitrogens is 3. The first-order valence-electron chi connectivity index (χ1n) is 9.17. The van der Waals surface area contributed by atoms with Crippen LogP contribution in [0.3, 0.4) is 0 Å². The topological polar surface area (TPSA) is 71.8 Å². The Balaban J connectivity index is 1.31. The third kappa shape index (κ3) is 4.09. The molecule has 1 saturated heterocycles. The van der Waals surface area contributed by atoms with Crippen LogP contribution in [0, 0.1) is 5.92 Å². The number of benzene rings is 1. The number of nitrogens with zero attached hydrogens (tertiary/aromatic N) is 3. The van der Waals surface area contributed by atoms with Crippen LogP contribution >= 0.6 is 11.3 Å². The predicted octanol–water partition coefficient (Wildman–Crippen LogP) is 2.21. The summed E-state index contributed by atoms with van der Waals surface area (Å²) in [7, 11) is 1.90. The first-order chi connectivity index (χ1) is 13.2. The highest BCUT2D eigenvalue weighted by atomic mass is 32.1. The third-order valence-corrected chi connectivity index (χ3v) is 5.90. The van der Waals surface area contributed by atoms with Gasteiger partial charge in [-0.3, -0.25) is 9.48 Å². The average molecular weight is 382 g/mol. The van der Waals surface area contributed by atoms with Crippen LogP contribution in [0.15, 0.2) is 48.1 Å². The zero-order valence-electron chi connectivity index (χ0n) is 15.3. The van der Waals surface area contributed by atoms with Crippen molar-refractivity contribution in [1.82, 2.24) is 25.4 Å². The van der Waals surface area contributed by atoms with Gasteiger partial charge in [0.2, 0.25) is 5.91 Å². The Morgan fingerprint density at radius 3 is 2.96 bits per heavy atom. The number of rotatable bonds is 6. The van der Waals surface area contributed by atoms with Crippen molar-refractivity contribution in [3.05, 3.63) is 59.4 Å². The molecular formula is C20H23N5OS. The summed E-state index contributed by atoms with van der Waals surface area (Å²) in [6, 6.07) is 10.2. The van der Waals surface area contributed by atoms with Crippen LogP contribution in [0.25, 0.3) is 10.6 Å². The first kappa shape index (κ1) is 17.9. The van der Waals surface area contributed by atoms with E-state index in [9.17, 15) is 4.79 Å². The molecule has 4 rings (SSSR count). The molecule has 2 atom stereocenters. The molecule has 7 heteroatoms. The van der Waals surface area contributed by atoms with Crippen molar-refractivity contribution in [3.8, 4) is 10.6 Å². The molecule has 2 N–H and O–H groups in total. The highest BCUT2D eigenvalue weighted by Crippen LogP contribution is 2.28. The molecule has 1 amide bonds. The zero-order valence-corrected chi connectivity index (χ0v) is 16.1. The molecule has 0 aliphatic carbocycles. The van der Waals surface area contributed by atoms with E-state index in [1.165, 1.54) is 0 Å². The number of thiazole rings is 1. The fourth-order valence-electron chi connectivity index (χ4n) is 3.52. The van der Waals surface area contributed by atoms with Gasteiger partial charge in [-0.1, -0.05) is 30.3 Å². The summed E-state index contributed by atoms with van der Waals surface area (Å²) < 4.78 is 1.79. The van der Waals surface area contributed by atoms with E-state index in [0.717, 1.165) is 34.8 Å². The van der Waals surface area contributed by atoms with E-state index in [2.05, 4.69) is 38.2 Å². The molecule has 0 radical (unpaired) electrons. The van der Waals surface area contributed by atoms with Gasteiger partial charge in [0.15, 0.2) is 0 Å². The van der Waals surface area contributed by atoms with Gasteiger partial charge in [-0.2, -0.15) is 5.10 Å². The molecule has 2 aromatic heterocycles. The van der Waals surface area contributed by atoms with Crippen molar-refractivity contribution >= 4 is 17.2 Å². The Bertz CT molecular complexity index is 904. The van der Waals surface area contributed by atoms with E-state index < -0.39 is 0 Å². The second-order valence-corrected chi connectivity index (χ2v) is 7.73. The Kier molecular flexibility index (Phi) is 5.31. The first-order valence-corrected chi connectivity index (χ1v) is 10.1. The van der Waals surface area contributed by atoms with Gasteiger partial charge in [0.1, 0.15) is 5.01 Å². The third-order valence-electron chi connectivity index (χ3n) is 4.96. The quantitative estimate of drug-likeness (QED) is 0.687. The second-order valence-electron chi connectivity index (χ2n) is 6.87. The number of hydrogen-bond donors (Lipinski definition) is 2. The smallest absolute Gasteiger partial charge is 0.225 e. The molecule has 0 unspecified atom stereocenters. The van der Waals surface area contributed by atoms with E-state index in [0.29, 0.717) is 13.1 Å². The van der Waals surface area contributed by atoms with Gasteiger partial charge in [0.25, 0.3) is 0 Å². The fraction of sp³-hybridized carbons (Fsp3) is 0.350. The van der Waals surface area contributed by atoms with Crippen molar-refractivity contribution in [3.63, 3.8) is 0 Å². The number of carbonyl (C=O) groups is 1. The molecule has 0 saturated carbocycles. The maximum atomic E-state index is 12.7. The van der Waals surface area contributed by atoms with Crippen LogP contribution in [-0.2, 0) is 18.3 Å². The van der Waals surface area contributed by atoms with Crippen LogP contribution in [-0.4, -0.2) is 40.3 Å². The van der Waals surface area contributed by atoms with Gasteiger partial charge >= 0.3 is 0 Å². The maximum absolute atomic E-state index is 12.7. The number of hydrogen-bond acceptors (Lipinski definition) is 5. The van der Waals surface area contributed by atoms with Crippen LogP contribution in [0.4, 0.5) is 0 Å². The number of carbonyl (C=O) groups excluding carboxylic acids is 1. The molecule has 1 aliphatic rings. The minimum absolute atomic E-state index is 0.0514. The molecule has 0 bridgehead atoms. The van der Waals surface area contributed by atoms with Crippen molar-refractivity contribution in [2.75, 3.05) is 19.6 Å². The molecule has 1 fully saturated rings. The van der Waals surface area contributed by atoms with E-state index >= 15 is 0 Å². The Labute approximate surface area is 162 Å². The number of amides is 1. The molecule has 27 heavy (non-hydrogen) atoms. The van der Waals surface area contributed by atoms with Crippen LogP contribution < -0.4 is 10.6 Å². The highest BCUT2D eigenvalue weighted by Gasteiger charge is 2.34. The lowest BCUT2D eigenvalue weighted by Crippen LogP contribution is -2.35. The van der Waals surface area contributed by atoms with E-state index in [4.69, 9.17) is 0 Å². The van der Waals surface area contributed by atoms with Gasteiger partial charge in [0.05, 0.1) is 17.8 Å². The summed E-state index contributed by atoms with van der Waals surface area (Å²) in [6.07, 6.45) is 4.60. The van der Waals surface area contributed by atoms with Gasteiger partial charge in [-0.15, -0.1) is 11.3 Å². The minimum atomic E-state index is -0.0514. The average Bonchev–Trinajstić information content (AvgIpc) is 3.42. The molecule has 3 heterocycles. The Hall–Kier alpha value is -2.51. The number of aryl methyl sites for hydroxylation is 1. The second kappa shape index (κ2) is 8.02. The van der Waals surface area contributed by atoms with Crippen molar-refractivity contribution in [1.29, 1.82) is 0 Å². The molecule has 6 nitrogen and oxygen atoms in total. The lowest BCUT2D eigenvalue weighted by Gasteiger charge is -2.16. The zero-order chi connectivity index (χ0) is 18.6. The van der Waals surface area contributed by atoms with Gasteiger partial charge in [0, 0.05) is 56.2 Å². The van der Waals surface area contributed by atoms with Gasteiger partial charge in [-0.05, 0) is 5.56 Å². The van der Waals surface area contributed by atoms with Crippen molar-refractivity contribution in [2.24, 2.45) is 13.0 Å². The normalized spacial score (nSPS) is 19.3. The lowest BCUT2D eigenvalue weighted by molar-refractivity contribution is -0.124. The largest absolute Gasteiger partial charge is 0.355 e. The standard InChI is InChI=1S/C20H23N5OS/c1-25-12-15(9-23-25)17-10-21-11-18(17)19(26)22-8-7-16-13-27-20(24-16)14-5-3-2-4-6-14/h2-6,9,12-13,17-18,21H,7-8,10-11H2,1H3,(H,22,26)/t17-,18+/m1/s1. The molecule has 1 aromatic carbocycles. The highest BCUT2D eigenvalue weighted by molar-refractivity contribution is 7.13. The maximum Gasteiger partial charge on any atom is 0.225 e. The number of nitrogens with one attached hydrogen (secondary N) is 2. The van der Waals surface area contributed by atoms with E-state index in [1.54, 1.807) is 16.0 Å². The monoisotopic (exact) mass is 381 g/mol. The van der Waals surface area contributed by atoms with Gasteiger partial charge in [-0.25, -0.2) is 4.98 Å². The molecule has 1 aliphatic heterocycles. The predicted molar refractivity (Wildman–Crippen MR) is 107 cm³/mol. The molecule has 140 valence electrons. The summed E-state index contributed by atoms with van der Waals surface area (Å²) in [5, 5.41) is 13.7. The lowest BCUT2D eigenvalue weighted by atomic mass is 9.90. The summed E-state index contributed by atoms with van der Waals surface area (Å²) in [5.74, 6) is 0.236. The van der Waals surface area contributed by atoms with Crippen LogP contribution in [0.5, 0.6) is 0 Å².